The largest absolute Gasteiger partial charge is 0.377 e. The standard InChI is InChI=1S/C26H27NO/c1-27(23-12-3-2-4-13-23)17-9-10-18-28-20-22-19-21-11-5-6-14-24(21)26-16-8-7-15-25(22)26/h2-8,11-16,19H,9-10,17-18,20H2,1H3. The molecular weight excluding hydrogens is 342 g/mol. The Labute approximate surface area is 167 Å². The van der Waals surface area contributed by atoms with E-state index in [1.165, 1.54) is 32.8 Å². The number of para-hydroxylation sites is 1. The van der Waals surface area contributed by atoms with Crippen molar-refractivity contribution in [1.29, 1.82) is 0 Å². The van der Waals surface area contributed by atoms with E-state index in [2.05, 4.69) is 96.9 Å². The van der Waals surface area contributed by atoms with Crippen LogP contribution in [-0.2, 0) is 11.3 Å². The van der Waals surface area contributed by atoms with Gasteiger partial charge in [0.2, 0.25) is 0 Å². The number of unbranched alkanes of at least 4 members (excludes halogenated alkanes) is 1. The number of hydrogen-bond donors (Lipinski definition) is 0. The van der Waals surface area contributed by atoms with Crippen LogP contribution in [0, 0.1) is 0 Å². The first-order valence-corrected chi connectivity index (χ1v) is 10.1. The summed E-state index contributed by atoms with van der Waals surface area (Å²) in [6.45, 7) is 2.51. The first-order chi connectivity index (χ1) is 13.8. The van der Waals surface area contributed by atoms with E-state index in [4.69, 9.17) is 4.74 Å². The van der Waals surface area contributed by atoms with Crippen LogP contribution < -0.4 is 4.90 Å². The Kier molecular flexibility index (Phi) is 5.89. The summed E-state index contributed by atoms with van der Waals surface area (Å²) in [6, 6.07) is 30.0. The number of ether oxygens (including phenoxy) is 1. The van der Waals surface area contributed by atoms with Gasteiger partial charge in [-0.3, -0.25) is 0 Å². The predicted octanol–water partition coefficient (Wildman–Crippen LogP) is 6.43. The van der Waals surface area contributed by atoms with Gasteiger partial charge >= 0.3 is 0 Å². The summed E-state index contributed by atoms with van der Waals surface area (Å²) in [5, 5.41) is 5.20. The summed E-state index contributed by atoms with van der Waals surface area (Å²) >= 11 is 0. The summed E-state index contributed by atoms with van der Waals surface area (Å²) in [4.78, 5) is 2.30. The fourth-order valence-electron chi connectivity index (χ4n) is 3.80. The van der Waals surface area contributed by atoms with E-state index < -0.39 is 0 Å². The zero-order valence-corrected chi connectivity index (χ0v) is 16.5. The van der Waals surface area contributed by atoms with Gasteiger partial charge in [0.15, 0.2) is 0 Å². The molecule has 0 fully saturated rings. The molecule has 4 aromatic carbocycles. The smallest absolute Gasteiger partial charge is 0.0723 e. The van der Waals surface area contributed by atoms with Crippen LogP contribution in [0.5, 0.6) is 0 Å². The summed E-state index contributed by atoms with van der Waals surface area (Å²) in [5.41, 5.74) is 2.54. The molecule has 0 saturated carbocycles. The van der Waals surface area contributed by atoms with Gasteiger partial charge in [-0.15, -0.1) is 0 Å². The van der Waals surface area contributed by atoms with Crippen molar-refractivity contribution in [2.45, 2.75) is 19.4 Å². The first-order valence-electron chi connectivity index (χ1n) is 10.1. The number of nitrogens with zero attached hydrogens (tertiary/aromatic N) is 1. The van der Waals surface area contributed by atoms with E-state index >= 15 is 0 Å². The van der Waals surface area contributed by atoms with Crippen molar-refractivity contribution in [2.24, 2.45) is 0 Å². The zero-order chi connectivity index (χ0) is 19.2. The molecule has 0 bridgehead atoms. The van der Waals surface area contributed by atoms with Crippen LogP contribution in [0.15, 0.2) is 84.9 Å². The molecule has 0 N–H and O–H groups in total. The maximum atomic E-state index is 6.05. The Hall–Kier alpha value is -2.84. The second kappa shape index (κ2) is 8.90. The molecule has 0 heterocycles. The minimum absolute atomic E-state index is 0.667. The SMILES string of the molecule is CN(CCCCOCc1cc2ccccc2c2ccccc12)c1ccccc1. The third kappa shape index (κ3) is 4.18. The lowest BCUT2D eigenvalue weighted by molar-refractivity contribution is 0.118. The topological polar surface area (TPSA) is 12.5 Å². The maximum Gasteiger partial charge on any atom is 0.0723 e. The third-order valence-corrected chi connectivity index (χ3v) is 5.34. The van der Waals surface area contributed by atoms with Crippen molar-refractivity contribution < 1.29 is 4.74 Å². The van der Waals surface area contributed by atoms with E-state index in [0.29, 0.717) is 6.61 Å². The molecule has 0 aliphatic rings. The molecule has 28 heavy (non-hydrogen) atoms. The normalized spacial score (nSPS) is 11.2. The molecule has 0 amide bonds. The molecule has 0 aliphatic heterocycles. The highest BCUT2D eigenvalue weighted by Gasteiger charge is 2.06. The van der Waals surface area contributed by atoms with Gasteiger partial charge in [0.1, 0.15) is 0 Å². The Morgan fingerprint density at radius 3 is 2.21 bits per heavy atom. The highest BCUT2D eigenvalue weighted by Crippen LogP contribution is 2.29. The van der Waals surface area contributed by atoms with E-state index in [1.807, 2.05) is 0 Å². The quantitative estimate of drug-likeness (QED) is 0.262. The average molecular weight is 370 g/mol. The molecule has 2 heteroatoms. The van der Waals surface area contributed by atoms with Crippen LogP contribution in [0.1, 0.15) is 18.4 Å². The monoisotopic (exact) mass is 369 g/mol. The van der Waals surface area contributed by atoms with Crippen LogP contribution in [-0.4, -0.2) is 20.2 Å². The molecule has 0 saturated heterocycles. The number of rotatable bonds is 8. The van der Waals surface area contributed by atoms with Crippen molar-refractivity contribution in [3.8, 4) is 0 Å². The van der Waals surface area contributed by atoms with Gasteiger partial charge < -0.3 is 9.64 Å². The summed E-state index contributed by atoms with van der Waals surface area (Å²) in [5.74, 6) is 0. The molecule has 4 rings (SSSR count). The second-order valence-electron chi connectivity index (χ2n) is 7.32. The van der Waals surface area contributed by atoms with Gasteiger partial charge in [-0.2, -0.15) is 0 Å². The molecule has 0 aliphatic carbocycles. The van der Waals surface area contributed by atoms with Crippen LogP contribution in [0.4, 0.5) is 5.69 Å². The number of anilines is 1. The van der Waals surface area contributed by atoms with E-state index in [1.54, 1.807) is 0 Å². The van der Waals surface area contributed by atoms with Crippen LogP contribution in [0.25, 0.3) is 21.5 Å². The second-order valence-corrected chi connectivity index (χ2v) is 7.32. The third-order valence-electron chi connectivity index (χ3n) is 5.34. The molecule has 0 unspecified atom stereocenters. The summed E-state index contributed by atoms with van der Waals surface area (Å²) in [6.07, 6.45) is 2.20. The molecule has 0 atom stereocenters. The van der Waals surface area contributed by atoms with E-state index in [9.17, 15) is 0 Å². The fourth-order valence-corrected chi connectivity index (χ4v) is 3.80. The molecule has 0 spiro atoms. The lowest BCUT2D eigenvalue weighted by Crippen LogP contribution is -2.18. The molecule has 142 valence electrons. The summed E-state index contributed by atoms with van der Waals surface area (Å²) < 4.78 is 6.05. The van der Waals surface area contributed by atoms with Gasteiger partial charge in [0.25, 0.3) is 0 Å². The van der Waals surface area contributed by atoms with Gasteiger partial charge in [-0.1, -0.05) is 66.7 Å². The van der Waals surface area contributed by atoms with Crippen molar-refractivity contribution in [3.05, 3.63) is 90.5 Å². The molecule has 0 radical (unpaired) electrons. The number of benzene rings is 4. The van der Waals surface area contributed by atoms with E-state index in [0.717, 1.165) is 26.0 Å². The summed E-state index contributed by atoms with van der Waals surface area (Å²) in [7, 11) is 2.15. The van der Waals surface area contributed by atoms with Gasteiger partial charge in [-0.25, -0.2) is 0 Å². The zero-order valence-electron chi connectivity index (χ0n) is 16.5. The van der Waals surface area contributed by atoms with Crippen LogP contribution in [0.2, 0.25) is 0 Å². The number of fused-ring (bicyclic) bond motifs is 3. The van der Waals surface area contributed by atoms with Gasteiger partial charge in [0.05, 0.1) is 6.61 Å². The molecule has 2 nitrogen and oxygen atoms in total. The Bertz CT molecular complexity index is 1040. The lowest BCUT2D eigenvalue weighted by Gasteiger charge is -2.19. The van der Waals surface area contributed by atoms with Gasteiger partial charge in [-0.05, 0) is 58.1 Å². The molecule has 4 aromatic rings. The minimum atomic E-state index is 0.667. The fraction of sp³-hybridized carbons (Fsp3) is 0.231. The highest BCUT2D eigenvalue weighted by atomic mass is 16.5. The molecular formula is C26H27NO. The minimum Gasteiger partial charge on any atom is -0.377 e. The number of hydrogen-bond acceptors (Lipinski definition) is 2. The van der Waals surface area contributed by atoms with E-state index in [-0.39, 0.29) is 0 Å². The Balaban J connectivity index is 1.33. The lowest BCUT2D eigenvalue weighted by atomic mass is 9.98. The Morgan fingerprint density at radius 2 is 1.39 bits per heavy atom. The van der Waals surface area contributed by atoms with Gasteiger partial charge in [0, 0.05) is 25.9 Å². The highest BCUT2D eigenvalue weighted by molar-refractivity contribution is 6.08. The average Bonchev–Trinajstić information content (AvgIpc) is 2.76. The van der Waals surface area contributed by atoms with Crippen LogP contribution >= 0.6 is 0 Å². The van der Waals surface area contributed by atoms with Crippen LogP contribution in [0.3, 0.4) is 0 Å². The van der Waals surface area contributed by atoms with Crippen molar-refractivity contribution in [3.63, 3.8) is 0 Å². The Morgan fingerprint density at radius 1 is 0.714 bits per heavy atom. The molecule has 0 aromatic heterocycles. The van der Waals surface area contributed by atoms with Crippen molar-refractivity contribution >= 4 is 27.2 Å². The maximum absolute atomic E-state index is 6.05. The van der Waals surface area contributed by atoms with Crippen molar-refractivity contribution in [1.82, 2.24) is 0 Å². The first kappa shape index (κ1) is 18.5. The van der Waals surface area contributed by atoms with Crippen molar-refractivity contribution in [2.75, 3.05) is 25.1 Å². The predicted molar refractivity (Wildman–Crippen MR) is 120 cm³/mol.